The van der Waals surface area contributed by atoms with Crippen molar-refractivity contribution in [2.24, 2.45) is 0 Å². The van der Waals surface area contributed by atoms with E-state index in [0.717, 1.165) is 18.3 Å². The fraction of sp³-hybridized carbons (Fsp3) is 0.429. The highest BCUT2D eigenvalue weighted by atomic mass is 36.0. The van der Waals surface area contributed by atoms with Gasteiger partial charge in [-0.2, -0.15) is 18.4 Å². The second-order valence-corrected chi connectivity index (χ2v) is 8.20. The van der Waals surface area contributed by atoms with Crippen LogP contribution in [-0.4, -0.2) is 20.7 Å². The van der Waals surface area contributed by atoms with Gasteiger partial charge in [-0.3, -0.25) is 0 Å². The standard InChI is InChI=1S/C8H12ClNO.C6H3ClF3N.Cl2OS/c1-3-11-7-5-8(2,9)4-6-10;7-5-3-4(1-2-11-5)6(8,9)10;1-4(2)3/h5,7H,3-4H2,1-2H3;1-3H;/b7-5+;;. The Morgan fingerprint density at radius 3 is 2.31 bits per heavy atom. The molecule has 0 amide bonds. The minimum Gasteiger partial charge on any atom is -0.502 e. The predicted molar refractivity (Wildman–Crippen MR) is 99.4 cm³/mol. The number of nitrogens with zero attached hydrogens (tertiary/aromatic N) is 2. The molecule has 1 atom stereocenters. The molecule has 4 nitrogen and oxygen atoms in total. The zero-order valence-electron chi connectivity index (χ0n) is 13.6. The van der Waals surface area contributed by atoms with Crippen LogP contribution in [0.15, 0.2) is 30.7 Å². The predicted octanol–water partition coefficient (Wildman–Crippen LogP) is 6.24. The average molecular weight is 474 g/mol. The van der Waals surface area contributed by atoms with Gasteiger partial charge >= 0.3 is 6.18 Å². The summed E-state index contributed by atoms with van der Waals surface area (Å²) < 4.78 is 49.7. The highest BCUT2D eigenvalue weighted by Gasteiger charge is 2.30. The molecule has 0 aliphatic heterocycles. The highest BCUT2D eigenvalue weighted by Crippen LogP contribution is 2.29. The first-order valence-corrected chi connectivity index (χ1v) is 10.2. The van der Waals surface area contributed by atoms with Gasteiger partial charge in [0.25, 0.3) is 0 Å². The van der Waals surface area contributed by atoms with Gasteiger partial charge in [0.1, 0.15) is 5.15 Å². The number of hydrogen-bond acceptors (Lipinski definition) is 4. The lowest BCUT2D eigenvalue weighted by molar-refractivity contribution is -0.137. The molecule has 12 heteroatoms. The zero-order chi connectivity index (χ0) is 20.8. The molecule has 0 aromatic carbocycles. The summed E-state index contributed by atoms with van der Waals surface area (Å²) in [6, 6.07) is 3.64. The number of aromatic nitrogens is 1. The van der Waals surface area contributed by atoms with Gasteiger partial charge in [0.15, 0.2) is 0 Å². The number of alkyl halides is 4. The third-order valence-corrected chi connectivity index (χ3v) is 2.62. The van der Waals surface area contributed by atoms with Gasteiger partial charge in [0.2, 0.25) is 9.23 Å². The van der Waals surface area contributed by atoms with Crippen LogP contribution in [0.1, 0.15) is 25.8 Å². The molecule has 0 N–H and O–H groups in total. The number of pyridine rings is 1. The molecule has 0 saturated carbocycles. The van der Waals surface area contributed by atoms with E-state index in [0.29, 0.717) is 6.61 Å². The van der Waals surface area contributed by atoms with Crippen LogP contribution < -0.4 is 0 Å². The van der Waals surface area contributed by atoms with E-state index in [1.54, 1.807) is 13.0 Å². The largest absolute Gasteiger partial charge is 0.502 e. The van der Waals surface area contributed by atoms with Crippen molar-refractivity contribution in [2.75, 3.05) is 6.61 Å². The van der Waals surface area contributed by atoms with Gasteiger partial charge in [-0.25, -0.2) is 9.19 Å². The average Bonchev–Trinajstić information content (AvgIpc) is 2.46. The quantitative estimate of drug-likeness (QED) is 0.224. The first-order valence-electron chi connectivity index (χ1n) is 6.64. The van der Waals surface area contributed by atoms with Crippen LogP contribution in [0.4, 0.5) is 13.2 Å². The third kappa shape index (κ3) is 18.1. The van der Waals surface area contributed by atoms with Crippen LogP contribution in [0, 0.1) is 11.3 Å². The van der Waals surface area contributed by atoms with Gasteiger partial charge < -0.3 is 4.74 Å². The molecule has 0 spiro atoms. The van der Waals surface area contributed by atoms with Gasteiger partial charge in [-0.05, 0) is 32.1 Å². The van der Waals surface area contributed by atoms with Gasteiger partial charge in [0, 0.05) is 27.6 Å². The van der Waals surface area contributed by atoms with Crippen molar-refractivity contribution in [3.05, 3.63) is 41.4 Å². The summed E-state index contributed by atoms with van der Waals surface area (Å²) in [7, 11) is 7.36. The van der Waals surface area contributed by atoms with Gasteiger partial charge in [-0.15, -0.1) is 11.6 Å². The van der Waals surface area contributed by atoms with E-state index in [9.17, 15) is 13.2 Å². The van der Waals surface area contributed by atoms with Crippen LogP contribution >= 0.6 is 44.6 Å². The molecule has 26 heavy (non-hydrogen) atoms. The molecule has 1 aromatic heterocycles. The molecule has 0 fully saturated rings. The van der Waals surface area contributed by atoms with Crippen LogP contribution in [0.3, 0.4) is 0 Å². The summed E-state index contributed by atoms with van der Waals surface area (Å²) in [4.78, 5) is 2.83. The number of halogens is 7. The monoisotopic (exact) mass is 472 g/mol. The highest BCUT2D eigenvalue weighted by molar-refractivity contribution is 8.26. The molecule has 0 aliphatic carbocycles. The first-order chi connectivity index (χ1) is 11.9. The molecule has 0 bridgehead atoms. The van der Waals surface area contributed by atoms with Crippen molar-refractivity contribution in [3.63, 3.8) is 0 Å². The van der Waals surface area contributed by atoms with Crippen LogP contribution in [0.2, 0.25) is 5.15 Å². The lowest BCUT2D eigenvalue weighted by Crippen LogP contribution is -2.10. The van der Waals surface area contributed by atoms with Gasteiger partial charge in [0.05, 0.1) is 35.8 Å². The third-order valence-electron chi connectivity index (χ3n) is 2.16. The Morgan fingerprint density at radius 2 is 1.96 bits per heavy atom. The van der Waals surface area contributed by atoms with Crippen LogP contribution in [-0.2, 0) is 20.1 Å². The van der Waals surface area contributed by atoms with Crippen molar-refractivity contribution in [1.29, 1.82) is 5.26 Å². The van der Waals surface area contributed by atoms with Gasteiger partial charge in [-0.1, -0.05) is 11.6 Å². The Morgan fingerprint density at radius 1 is 1.42 bits per heavy atom. The topological polar surface area (TPSA) is 63.0 Å². The Bertz CT molecular complexity index is 619. The number of nitriles is 1. The van der Waals surface area contributed by atoms with Crippen molar-refractivity contribution in [1.82, 2.24) is 4.98 Å². The molecule has 1 heterocycles. The van der Waals surface area contributed by atoms with Crippen molar-refractivity contribution >= 4 is 53.8 Å². The maximum absolute atomic E-state index is 11.9. The maximum atomic E-state index is 11.9. The molecule has 1 rings (SSSR count). The zero-order valence-corrected chi connectivity index (χ0v) is 17.4. The molecular weight excluding hydrogens is 459 g/mol. The number of ether oxygens (including phenoxy) is 1. The number of allylic oxidation sites excluding steroid dienone is 1. The Labute approximate surface area is 171 Å². The lowest BCUT2D eigenvalue weighted by Gasteiger charge is -2.11. The molecule has 0 aliphatic rings. The maximum Gasteiger partial charge on any atom is 0.416 e. The normalized spacial score (nSPS) is 13.0. The molecule has 0 radical (unpaired) electrons. The van der Waals surface area contributed by atoms with E-state index in [-0.39, 0.29) is 11.6 Å². The minimum absolute atomic E-state index is 0.153. The molecule has 148 valence electrons. The Hall–Kier alpha value is -0.720. The fourth-order valence-corrected chi connectivity index (χ4v) is 1.36. The van der Waals surface area contributed by atoms with E-state index in [1.165, 1.54) is 6.26 Å². The van der Waals surface area contributed by atoms with Crippen molar-refractivity contribution < 1.29 is 22.1 Å². The summed E-state index contributed by atoms with van der Waals surface area (Å²) in [6.45, 7) is 4.28. The summed E-state index contributed by atoms with van der Waals surface area (Å²) in [6.07, 6.45) is 0.182. The smallest absolute Gasteiger partial charge is 0.416 e. The van der Waals surface area contributed by atoms with Crippen LogP contribution in [0.5, 0.6) is 0 Å². The second-order valence-electron chi connectivity index (χ2n) is 4.42. The second kappa shape index (κ2) is 14.4. The summed E-state index contributed by atoms with van der Waals surface area (Å²) in [5.74, 6) is 0. The number of rotatable bonds is 4. The SMILES string of the molecule is CCO/C=C/C(C)(Cl)CC#N.FC(F)(F)c1ccnc(Cl)c1.O=S(Cl)Cl. The summed E-state index contributed by atoms with van der Waals surface area (Å²) in [5, 5.41) is 8.20. The molecule has 0 saturated heterocycles. The summed E-state index contributed by atoms with van der Waals surface area (Å²) in [5.41, 5.74) is -0.780. The fourth-order valence-electron chi connectivity index (χ4n) is 1.08. The van der Waals surface area contributed by atoms with E-state index in [2.05, 4.69) is 26.3 Å². The molecule has 1 unspecified atom stereocenters. The minimum atomic E-state index is -4.34. The summed E-state index contributed by atoms with van der Waals surface area (Å²) >= 11 is 11.1. The van der Waals surface area contributed by atoms with E-state index in [1.807, 2.05) is 13.0 Å². The first kappa shape index (κ1) is 27.5. The lowest BCUT2D eigenvalue weighted by atomic mass is 10.1. The van der Waals surface area contributed by atoms with E-state index < -0.39 is 25.8 Å². The molecule has 1 aromatic rings. The van der Waals surface area contributed by atoms with E-state index >= 15 is 0 Å². The Kier molecular flexibility index (Phi) is 15.2. The number of hydrogen-bond donors (Lipinski definition) is 0. The molecular formula is C14H15Cl4F3N2O2S. The van der Waals surface area contributed by atoms with Crippen molar-refractivity contribution in [3.8, 4) is 6.07 Å². The van der Waals surface area contributed by atoms with E-state index in [4.69, 9.17) is 37.4 Å². The Balaban J connectivity index is 0. The van der Waals surface area contributed by atoms with Crippen LogP contribution in [0.25, 0.3) is 0 Å². The van der Waals surface area contributed by atoms with Crippen molar-refractivity contribution in [2.45, 2.75) is 31.3 Å².